The highest BCUT2D eigenvalue weighted by Gasteiger charge is 2.64. The van der Waals surface area contributed by atoms with Crippen molar-refractivity contribution >= 4 is 16.1 Å². The molecule has 0 bridgehead atoms. The zero-order chi connectivity index (χ0) is 10.2. The Hall–Kier alpha value is 0.0800. The van der Waals surface area contributed by atoms with Gasteiger partial charge in [-0.2, -0.15) is 0 Å². The van der Waals surface area contributed by atoms with E-state index in [4.69, 9.17) is 0 Å². The normalized spacial score (nSPS) is 19.8. The quantitative estimate of drug-likeness (QED) is 0.643. The summed E-state index contributed by atoms with van der Waals surface area (Å²) in [6.07, 6.45) is 0. The zero-order valence-corrected chi connectivity index (χ0v) is 8.76. The van der Waals surface area contributed by atoms with Gasteiger partial charge in [0.05, 0.1) is 5.41 Å². The van der Waals surface area contributed by atoms with Crippen molar-refractivity contribution in [2.45, 2.75) is 25.9 Å². The van der Waals surface area contributed by atoms with Crippen molar-refractivity contribution in [3.63, 3.8) is 0 Å². The van der Waals surface area contributed by atoms with Crippen LogP contribution in [0.25, 0.3) is 0 Å². The van der Waals surface area contributed by atoms with Crippen molar-refractivity contribution in [1.29, 1.82) is 0 Å². The number of rotatable bonds is 2. The molecule has 0 amide bonds. The first-order valence-corrected chi connectivity index (χ1v) is 5.51. The van der Waals surface area contributed by atoms with E-state index in [1.807, 2.05) is 0 Å². The minimum absolute atomic E-state index is 1.24. The predicted octanol–water partition coefficient (Wildman–Crippen LogP) is -0.116. The van der Waals surface area contributed by atoms with Gasteiger partial charge in [-0.1, -0.05) is 9.13 Å². The Bertz CT molecular complexity index is 204. The van der Waals surface area contributed by atoms with Crippen LogP contribution in [0.1, 0.15) is 20.8 Å². The molecule has 0 saturated carbocycles. The first kappa shape index (κ1) is 12.1. The Morgan fingerprint density at radius 3 is 1.33 bits per heavy atom. The van der Waals surface area contributed by atoms with E-state index in [1.165, 1.54) is 20.8 Å². The van der Waals surface area contributed by atoms with Crippen molar-refractivity contribution in [1.82, 2.24) is 0 Å². The molecule has 2 unspecified atom stereocenters. The maximum atomic E-state index is 10.5. The standard InChI is InChI=1S/C5H10O5P2/c1-4(2,3)5(6,11(7)8)12(9)10/h6H,1-3H3. The number of aliphatic hydroxyl groups is 1. The third-order valence-electron chi connectivity index (χ3n) is 1.52. The summed E-state index contributed by atoms with van der Waals surface area (Å²) in [6, 6.07) is 0. The van der Waals surface area contributed by atoms with Crippen molar-refractivity contribution < 1.29 is 24.0 Å². The molecule has 0 aliphatic heterocycles. The highest BCUT2D eigenvalue weighted by molar-refractivity contribution is 7.57. The lowest BCUT2D eigenvalue weighted by Crippen LogP contribution is -2.40. The molecule has 0 aliphatic carbocycles. The molecule has 70 valence electrons. The summed E-state index contributed by atoms with van der Waals surface area (Å²) in [5.74, 6) is 0. The van der Waals surface area contributed by atoms with Crippen LogP contribution >= 0.6 is 16.1 Å². The smallest absolute Gasteiger partial charge is 0.448 e. The highest BCUT2D eigenvalue weighted by Crippen LogP contribution is 2.55. The second-order valence-corrected chi connectivity index (χ2v) is 6.08. The van der Waals surface area contributed by atoms with Crippen LogP contribution in [0.5, 0.6) is 0 Å². The predicted molar refractivity (Wildman–Crippen MR) is 39.6 cm³/mol. The Morgan fingerprint density at radius 2 is 1.33 bits per heavy atom. The van der Waals surface area contributed by atoms with Gasteiger partial charge in [0.2, 0.25) is 0 Å². The van der Waals surface area contributed by atoms with Gasteiger partial charge in [-0.05, 0) is 20.8 Å². The third-order valence-corrected chi connectivity index (χ3v) is 4.86. The van der Waals surface area contributed by atoms with Gasteiger partial charge < -0.3 is 14.9 Å². The first-order chi connectivity index (χ1) is 5.14. The molecule has 5 nitrogen and oxygen atoms in total. The molecule has 0 aromatic rings. The van der Waals surface area contributed by atoms with E-state index in [0.717, 1.165) is 0 Å². The van der Waals surface area contributed by atoms with Gasteiger partial charge in [-0.25, -0.2) is 0 Å². The average molecular weight is 212 g/mol. The monoisotopic (exact) mass is 212 g/mol. The Morgan fingerprint density at radius 1 is 1.08 bits per heavy atom. The molecule has 7 heteroatoms. The van der Waals surface area contributed by atoms with Gasteiger partial charge in [0.15, 0.2) is 0 Å². The third kappa shape index (κ3) is 1.87. The van der Waals surface area contributed by atoms with Crippen molar-refractivity contribution in [2.24, 2.45) is 5.41 Å². The Balaban J connectivity index is 5.17. The summed E-state index contributed by atoms with van der Waals surface area (Å²) < 4.78 is 21.0. The Kier molecular flexibility index (Phi) is 3.47. The summed E-state index contributed by atoms with van der Waals surface area (Å²) >= 11 is 0. The fraction of sp³-hybridized carbons (Fsp3) is 1.00. The van der Waals surface area contributed by atoms with Gasteiger partial charge >= 0.3 is 21.1 Å². The molecule has 2 atom stereocenters. The maximum absolute atomic E-state index is 10.5. The zero-order valence-electron chi connectivity index (χ0n) is 6.97. The molecule has 0 rings (SSSR count). The van der Waals surface area contributed by atoms with Crippen LogP contribution in [0, 0.1) is 5.41 Å². The number of hydrogen-bond donors (Lipinski definition) is 1. The molecule has 0 heterocycles. The van der Waals surface area contributed by atoms with Gasteiger partial charge in [0.25, 0.3) is 0 Å². The van der Waals surface area contributed by atoms with Gasteiger partial charge in [0, 0.05) is 0 Å². The molecule has 0 aliphatic rings. The summed E-state index contributed by atoms with van der Waals surface area (Å²) in [4.78, 5) is 21.0. The van der Waals surface area contributed by atoms with Crippen LogP contribution in [-0.2, 0) is 9.13 Å². The largest absolute Gasteiger partial charge is 0.589 e. The molecule has 0 radical (unpaired) electrons. The SMILES string of the molecule is CC(C)(C)C(O)([P+](=O)[O-])[P+](=O)[O-]. The molecule has 12 heavy (non-hydrogen) atoms. The second-order valence-electron chi connectivity index (χ2n) is 3.40. The molecule has 1 N–H and O–H groups in total. The molecule has 0 aromatic heterocycles. The molecule has 0 saturated heterocycles. The lowest BCUT2D eigenvalue weighted by Gasteiger charge is -2.23. The van der Waals surface area contributed by atoms with Crippen LogP contribution in [0.2, 0.25) is 0 Å². The van der Waals surface area contributed by atoms with E-state index in [9.17, 15) is 24.0 Å². The summed E-state index contributed by atoms with van der Waals surface area (Å²) in [7, 11) is -6.83. The van der Waals surface area contributed by atoms with E-state index < -0.39 is 26.6 Å². The minimum Gasteiger partial charge on any atom is -0.589 e. The van der Waals surface area contributed by atoms with Gasteiger partial charge in [-0.3, -0.25) is 0 Å². The molecular formula is C5H10O5P2. The first-order valence-electron chi connectivity index (χ1n) is 3.15. The fourth-order valence-electron chi connectivity index (χ4n) is 0.614. The van der Waals surface area contributed by atoms with E-state index in [-0.39, 0.29) is 0 Å². The van der Waals surface area contributed by atoms with Gasteiger partial charge in [0.1, 0.15) is 0 Å². The average Bonchev–Trinajstić information content (AvgIpc) is 1.82. The lowest BCUT2D eigenvalue weighted by molar-refractivity contribution is -0.198. The van der Waals surface area contributed by atoms with E-state index in [0.29, 0.717) is 0 Å². The number of hydrogen-bond acceptors (Lipinski definition) is 5. The fourth-order valence-corrected chi connectivity index (χ4v) is 2.24. The van der Waals surface area contributed by atoms with Crippen molar-refractivity contribution in [2.75, 3.05) is 0 Å². The molecular weight excluding hydrogens is 202 g/mol. The summed E-state index contributed by atoms with van der Waals surface area (Å²) in [5, 5.41) is 6.65. The topological polar surface area (TPSA) is 100 Å². The van der Waals surface area contributed by atoms with Gasteiger partial charge in [-0.15, -0.1) is 0 Å². The van der Waals surface area contributed by atoms with Crippen LogP contribution < -0.4 is 9.79 Å². The summed E-state index contributed by atoms with van der Waals surface area (Å²) in [5.41, 5.74) is -1.24. The lowest BCUT2D eigenvalue weighted by atomic mass is 9.98. The van der Waals surface area contributed by atoms with Crippen LogP contribution in [0.3, 0.4) is 0 Å². The van der Waals surface area contributed by atoms with E-state index >= 15 is 0 Å². The van der Waals surface area contributed by atoms with Crippen molar-refractivity contribution in [3.05, 3.63) is 0 Å². The Labute approximate surface area is 72.2 Å². The van der Waals surface area contributed by atoms with Crippen LogP contribution in [-0.4, -0.2) is 10.2 Å². The van der Waals surface area contributed by atoms with E-state index in [2.05, 4.69) is 0 Å². The van der Waals surface area contributed by atoms with Crippen molar-refractivity contribution in [3.8, 4) is 0 Å². The molecule has 0 fully saturated rings. The molecule has 0 aromatic carbocycles. The highest BCUT2D eigenvalue weighted by atomic mass is 31.2. The van der Waals surface area contributed by atoms with Crippen LogP contribution in [0.15, 0.2) is 0 Å². The van der Waals surface area contributed by atoms with E-state index in [1.54, 1.807) is 0 Å². The maximum Gasteiger partial charge on any atom is 0.448 e. The minimum atomic E-state index is -3.41. The summed E-state index contributed by atoms with van der Waals surface area (Å²) in [6.45, 7) is 4.01. The second kappa shape index (κ2) is 3.44. The van der Waals surface area contributed by atoms with Crippen LogP contribution in [0.4, 0.5) is 0 Å². The molecule has 0 spiro atoms.